The molecule has 1 saturated heterocycles. The maximum Gasteiger partial charge on any atom is 0.313 e. The number of carbonyl (C=O) groups excluding carboxylic acids is 2. The van der Waals surface area contributed by atoms with Crippen LogP contribution >= 0.6 is 0 Å². The van der Waals surface area contributed by atoms with Crippen molar-refractivity contribution < 1.29 is 9.59 Å². The van der Waals surface area contributed by atoms with Crippen LogP contribution in [0.15, 0.2) is 36.7 Å². The zero-order chi connectivity index (χ0) is 19.5. The second-order valence-electron chi connectivity index (χ2n) is 7.95. The first-order valence-corrected chi connectivity index (χ1v) is 10.3. The molecule has 1 aliphatic heterocycles. The molecule has 0 spiro atoms. The first-order chi connectivity index (χ1) is 13.6. The zero-order valence-corrected chi connectivity index (χ0v) is 16.4. The van der Waals surface area contributed by atoms with Gasteiger partial charge in [0.1, 0.15) is 0 Å². The number of pyridine rings is 1. The number of nitrogens with zero attached hydrogens (tertiary/aromatic N) is 2. The lowest BCUT2D eigenvalue weighted by Gasteiger charge is -2.36. The first kappa shape index (κ1) is 18.7. The van der Waals surface area contributed by atoms with E-state index >= 15 is 0 Å². The molecule has 2 heterocycles. The Morgan fingerprint density at radius 2 is 1.86 bits per heavy atom. The van der Waals surface area contributed by atoms with E-state index in [4.69, 9.17) is 0 Å². The molecule has 28 heavy (non-hydrogen) atoms. The van der Waals surface area contributed by atoms with Crippen LogP contribution in [0.3, 0.4) is 0 Å². The third-order valence-corrected chi connectivity index (χ3v) is 5.85. The fourth-order valence-electron chi connectivity index (χ4n) is 4.42. The number of aromatic nitrogens is 1. The van der Waals surface area contributed by atoms with Gasteiger partial charge in [0.15, 0.2) is 0 Å². The maximum absolute atomic E-state index is 13.0. The second kappa shape index (κ2) is 8.13. The number of hydrogen-bond donors (Lipinski definition) is 1. The fraction of sp³-hybridized carbons (Fsp3) is 0.435. The largest absolute Gasteiger partial charge is 0.327 e. The maximum atomic E-state index is 13.0. The molecule has 2 amide bonds. The van der Waals surface area contributed by atoms with E-state index in [1.54, 1.807) is 17.3 Å². The summed E-state index contributed by atoms with van der Waals surface area (Å²) in [6, 6.07) is 8.44. The minimum atomic E-state index is -0.586. The van der Waals surface area contributed by atoms with Crippen molar-refractivity contribution in [3.05, 3.63) is 58.9 Å². The number of anilines is 1. The quantitative estimate of drug-likeness (QED) is 0.806. The molecule has 1 aromatic heterocycles. The molecule has 4 rings (SSSR count). The van der Waals surface area contributed by atoms with E-state index in [1.165, 1.54) is 29.5 Å². The van der Waals surface area contributed by atoms with Gasteiger partial charge in [0.05, 0.1) is 17.9 Å². The molecule has 0 unspecified atom stereocenters. The van der Waals surface area contributed by atoms with Crippen LogP contribution in [-0.4, -0.2) is 28.2 Å². The average Bonchev–Trinajstić information content (AvgIpc) is 2.73. The summed E-state index contributed by atoms with van der Waals surface area (Å²) in [4.78, 5) is 31.4. The van der Waals surface area contributed by atoms with E-state index < -0.39 is 11.8 Å². The number of carbonyl (C=O) groups is 2. The summed E-state index contributed by atoms with van der Waals surface area (Å²) in [5.74, 6) is -1.04. The number of likely N-dealkylation sites (tertiary alicyclic amines) is 1. The normalized spacial score (nSPS) is 19.0. The van der Waals surface area contributed by atoms with Gasteiger partial charge in [-0.25, -0.2) is 0 Å². The van der Waals surface area contributed by atoms with Crippen LogP contribution in [0.5, 0.6) is 0 Å². The van der Waals surface area contributed by atoms with E-state index in [0.29, 0.717) is 12.2 Å². The van der Waals surface area contributed by atoms with Crippen LogP contribution in [-0.2, 0) is 22.4 Å². The standard InChI is InChI=1S/C23H27N3O2/c1-16-12-20(15-24-14-16)25-22(27)23(28)26-11-5-4-8-21(26)19-10-9-17-6-2-3-7-18(17)13-19/h9-10,12-15,21H,2-8,11H2,1H3,(H,25,27)/t21-/m0/s1. The van der Waals surface area contributed by atoms with Gasteiger partial charge in [0.25, 0.3) is 0 Å². The lowest BCUT2D eigenvalue weighted by molar-refractivity contribution is -0.145. The number of hydrogen-bond acceptors (Lipinski definition) is 3. The van der Waals surface area contributed by atoms with Crippen molar-refractivity contribution in [2.75, 3.05) is 11.9 Å². The van der Waals surface area contributed by atoms with Gasteiger partial charge in [-0.3, -0.25) is 14.6 Å². The molecule has 1 aromatic carbocycles. The highest BCUT2D eigenvalue weighted by molar-refractivity contribution is 6.39. The van der Waals surface area contributed by atoms with E-state index in [0.717, 1.165) is 37.7 Å². The Morgan fingerprint density at radius 3 is 2.68 bits per heavy atom. The Kier molecular flexibility index (Phi) is 5.42. The van der Waals surface area contributed by atoms with Gasteiger partial charge in [-0.15, -0.1) is 0 Å². The molecule has 2 aromatic rings. The van der Waals surface area contributed by atoms with Gasteiger partial charge in [-0.05, 0) is 80.2 Å². The molecule has 1 atom stereocenters. The molecule has 1 N–H and O–H groups in total. The van der Waals surface area contributed by atoms with Crippen LogP contribution in [0.1, 0.15) is 60.4 Å². The Morgan fingerprint density at radius 1 is 1.04 bits per heavy atom. The summed E-state index contributed by atoms with van der Waals surface area (Å²) in [6.45, 7) is 2.53. The van der Waals surface area contributed by atoms with E-state index in [2.05, 4.69) is 28.5 Å². The van der Waals surface area contributed by atoms with E-state index in [1.807, 2.05) is 13.0 Å². The topological polar surface area (TPSA) is 62.3 Å². The molecular weight excluding hydrogens is 350 g/mol. The summed E-state index contributed by atoms with van der Waals surface area (Å²) in [6.07, 6.45) is 11.0. The monoisotopic (exact) mass is 377 g/mol. The molecule has 0 radical (unpaired) electrons. The minimum absolute atomic E-state index is 0.0186. The van der Waals surface area contributed by atoms with Crippen LogP contribution in [0.2, 0.25) is 0 Å². The lowest BCUT2D eigenvalue weighted by atomic mass is 9.87. The van der Waals surface area contributed by atoms with Crippen molar-refractivity contribution in [3.63, 3.8) is 0 Å². The predicted octanol–water partition coefficient (Wildman–Crippen LogP) is 3.96. The van der Waals surface area contributed by atoms with E-state index in [-0.39, 0.29) is 6.04 Å². The average molecular weight is 377 g/mol. The number of piperidine rings is 1. The van der Waals surface area contributed by atoms with Crippen molar-refractivity contribution in [2.24, 2.45) is 0 Å². The fourth-order valence-corrected chi connectivity index (χ4v) is 4.42. The highest BCUT2D eigenvalue weighted by atomic mass is 16.2. The molecule has 5 nitrogen and oxygen atoms in total. The van der Waals surface area contributed by atoms with Crippen molar-refractivity contribution in [1.29, 1.82) is 0 Å². The van der Waals surface area contributed by atoms with Crippen LogP contribution in [0.25, 0.3) is 0 Å². The Labute approximate surface area is 166 Å². The molecular formula is C23H27N3O2. The molecule has 0 bridgehead atoms. The number of nitrogens with one attached hydrogen (secondary N) is 1. The van der Waals surface area contributed by atoms with Crippen molar-refractivity contribution in [3.8, 4) is 0 Å². The minimum Gasteiger partial charge on any atom is -0.327 e. The summed E-state index contributed by atoms with van der Waals surface area (Å²) < 4.78 is 0. The van der Waals surface area contributed by atoms with Crippen molar-refractivity contribution >= 4 is 17.5 Å². The molecule has 0 saturated carbocycles. The molecule has 146 valence electrons. The highest BCUT2D eigenvalue weighted by Gasteiger charge is 2.32. The van der Waals surface area contributed by atoms with Gasteiger partial charge < -0.3 is 10.2 Å². The third kappa shape index (κ3) is 3.93. The summed E-state index contributed by atoms with van der Waals surface area (Å²) >= 11 is 0. The molecule has 2 aliphatic rings. The smallest absolute Gasteiger partial charge is 0.313 e. The molecule has 1 fully saturated rings. The van der Waals surface area contributed by atoms with Gasteiger partial charge in [0, 0.05) is 12.7 Å². The summed E-state index contributed by atoms with van der Waals surface area (Å²) in [7, 11) is 0. The lowest BCUT2D eigenvalue weighted by Crippen LogP contribution is -2.44. The number of aryl methyl sites for hydroxylation is 3. The van der Waals surface area contributed by atoms with E-state index in [9.17, 15) is 9.59 Å². The Balaban J connectivity index is 1.53. The third-order valence-electron chi connectivity index (χ3n) is 5.85. The number of rotatable bonds is 2. The molecule has 1 aliphatic carbocycles. The van der Waals surface area contributed by atoms with Crippen LogP contribution in [0, 0.1) is 6.92 Å². The van der Waals surface area contributed by atoms with Gasteiger partial charge in [-0.1, -0.05) is 18.2 Å². The van der Waals surface area contributed by atoms with Gasteiger partial charge in [-0.2, -0.15) is 0 Å². The SMILES string of the molecule is Cc1cncc(NC(=O)C(=O)N2CCCC[C@H]2c2ccc3c(c2)CCCC3)c1. The van der Waals surface area contributed by atoms with Crippen molar-refractivity contribution in [2.45, 2.75) is 57.9 Å². The summed E-state index contributed by atoms with van der Waals surface area (Å²) in [5.41, 5.74) is 5.51. The first-order valence-electron chi connectivity index (χ1n) is 10.3. The molecule has 5 heteroatoms. The Hall–Kier alpha value is -2.69. The van der Waals surface area contributed by atoms with Crippen LogP contribution < -0.4 is 5.32 Å². The highest BCUT2D eigenvalue weighted by Crippen LogP contribution is 2.33. The number of benzene rings is 1. The predicted molar refractivity (Wildman–Crippen MR) is 109 cm³/mol. The van der Waals surface area contributed by atoms with Crippen molar-refractivity contribution in [1.82, 2.24) is 9.88 Å². The summed E-state index contributed by atoms with van der Waals surface area (Å²) in [5, 5.41) is 2.71. The van der Waals surface area contributed by atoms with Gasteiger partial charge >= 0.3 is 11.8 Å². The zero-order valence-electron chi connectivity index (χ0n) is 16.4. The van der Waals surface area contributed by atoms with Gasteiger partial charge in [0.2, 0.25) is 0 Å². The number of fused-ring (bicyclic) bond motifs is 1. The Bertz CT molecular complexity index is 893. The number of amides is 2. The van der Waals surface area contributed by atoms with Crippen LogP contribution in [0.4, 0.5) is 5.69 Å². The second-order valence-corrected chi connectivity index (χ2v) is 7.95.